The monoisotopic (exact) mass is 412 g/mol. The molecule has 0 spiro atoms. The lowest BCUT2D eigenvalue weighted by Gasteiger charge is -2.19. The molecule has 154 valence electrons. The van der Waals surface area contributed by atoms with Gasteiger partial charge < -0.3 is 4.74 Å². The highest BCUT2D eigenvalue weighted by Crippen LogP contribution is 2.36. The van der Waals surface area contributed by atoms with Crippen molar-refractivity contribution < 1.29 is 9.53 Å². The molecule has 2 heterocycles. The van der Waals surface area contributed by atoms with Crippen molar-refractivity contribution in [2.45, 2.75) is 59.4 Å². The minimum atomic E-state index is -0.268. The highest BCUT2D eigenvalue weighted by molar-refractivity contribution is 7.19. The quantitative estimate of drug-likeness (QED) is 0.554. The molecule has 0 aliphatic carbocycles. The lowest BCUT2D eigenvalue weighted by atomic mass is 9.86. The third kappa shape index (κ3) is 4.27. The average molecular weight is 413 g/mol. The smallest absolute Gasteiger partial charge is 0.305 e. The second kappa shape index (κ2) is 8.11. The van der Waals surface area contributed by atoms with Crippen LogP contribution in [0.25, 0.3) is 21.3 Å². The van der Waals surface area contributed by atoms with Gasteiger partial charge in [-0.15, -0.1) is 11.3 Å². The largest absolute Gasteiger partial charge is 0.469 e. The molecule has 6 heteroatoms. The predicted molar refractivity (Wildman–Crippen MR) is 119 cm³/mol. The zero-order chi connectivity index (χ0) is 21.3. The summed E-state index contributed by atoms with van der Waals surface area (Å²) < 4.78 is 6.36. The maximum Gasteiger partial charge on any atom is 0.305 e. The number of aryl methyl sites for hydroxylation is 2. The van der Waals surface area contributed by atoms with Crippen LogP contribution < -0.4 is 5.56 Å². The molecule has 0 N–H and O–H groups in total. The van der Waals surface area contributed by atoms with Gasteiger partial charge in [0.25, 0.3) is 5.56 Å². The SMILES string of the molecule is COC(=O)CCCn1c(C)nc2sc(C)c(-c3ccc(C(C)(C)C)cc3)c2c1=O. The van der Waals surface area contributed by atoms with Gasteiger partial charge in [-0.1, -0.05) is 45.0 Å². The number of thiophene rings is 1. The van der Waals surface area contributed by atoms with Crippen molar-refractivity contribution in [3.8, 4) is 11.1 Å². The number of ether oxygens (including phenoxy) is 1. The average Bonchev–Trinajstić information content (AvgIpc) is 2.99. The Kier molecular flexibility index (Phi) is 5.94. The van der Waals surface area contributed by atoms with Crippen LogP contribution in [0.1, 0.15) is 49.9 Å². The van der Waals surface area contributed by atoms with Crippen molar-refractivity contribution in [1.29, 1.82) is 0 Å². The normalized spacial score (nSPS) is 11.8. The Bertz CT molecular complexity index is 1100. The molecule has 0 bridgehead atoms. The molecule has 1 aromatic carbocycles. The molecule has 3 aromatic rings. The molecule has 0 amide bonds. The molecule has 3 rings (SSSR count). The first-order valence-electron chi connectivity index (χ1n) is 9.81. The molecule has 2 aromatic heterocycles. The number of rotatable bonds is 5. The number of nitrogens with zero attached hydrogens (tertiary/aromatic N) is 2. The molecule has 0 fully saturated rings. The van der Waals surface area contributed by atoms with Crippen molar-refractivity contribution in [2.75, 3.05) is 7.11 Å². The lowest BCUT2D eigenvalue weighted by molar-refractivity contribution is -0.140. The number of fused-ring (bicyclic) bond motifs is 1. The second-order valence-corrected chi connectivity index (χ2v) is 9.54. The molecule has 0 aliphatic rings. The highest BCUT2D eigenvalue weighted by Gasteiger charge is 2.20. The Morgan fingerprint density at radius 3 is 2.41 bits per heavy atom. The highest BCUT2D eigenvalue weighted by atomic mass is 32.1. The van der Waals surface area contributed by atoms with E-state index >= 15 is 0 Å². The van der Waals surface area contributed by atoms with Crippen molar-refractivity contribution in [1.82, 2.24) is 9.55 Å². The Morgan fingerprint density at radius 2 is 1.83 bits per heavy atom. The molecular formula is C23H28N2O3S. The van der Waals surface area contributed by atoms with Crippen LogP contribution in [0, 0.1) is 13.8 Å². The Balaban J connectivity index is 2.07. The summed E-state index contributed by atoms with van der Waals surface area (Å²) in [5, 5.41) is 0.666. The molecule has 0 radical (unpaired) electrons. The molecule has 0 aliphatic heterocycles. The summed E-state index contributed by atoms with van der Waals surface area (Å²) in [6.07, 6.45) is 0.823. The van der Waals surface area contributed by atoms with Gasteiger partial charge in [0.2, 0.25) is 0 Å². The first kappa shape index (κ1) is 21.2. The molecule has 0 saturated heterocycles. The number of carbonyl (C=O) groups excluding carboxylic acids is 1. The fraction of sp³-hybridized carbons (Fsp3) is 0.435. The number of methoxy groups -OCH3 is 1. The summed E-state index contributed by atoms with van der Waals surface area (Å²) in [5.41, 5.74) is 3.29. The molecular weight excluding hydrogens is 384 g/mol. The fourth-order valence-electron chi connectivity index (χ4n) is 3.53. The van der Waals surface area contributed by atoms with E-state index in [-0.39, 0.29) is 23.4 Å². The zero-order valence-electron chi connectivity index (χ0n) is 18.0. The van der Waals surface area contributed by atoms with Gasteiger partial charge >= 0.3 is 5.97 Å². The number of carbonyl (C=O) groups is 1. The Labute approximate surface area is 175 Å². The molecule has 0 atom stereocenters. The number of esters is 1. The van der Waals surface area contributed by atoms with Gasteiger partial charge in [0, 0.05) is 23.4 Å². The van der Waals surface area contributed by atoms with Gasteiger partial charge in [0.15, 0.2) is 0 Å². The van der Waals surface area contributed by atoms with E-state index in [2.05, 4.69) is 50.0 Å². The fourth-order valence-corrected chi connectivity index (χ4v) is 4.61. The van der Waals surface area contributed by atoms with E-state index in [1.807, 2.05) is 13.8 Å². The number of aromatic nitrogens is 2. The standard InChI is InChI=1S/C23H28N2O3S/c1-14-19(16-9-11-17(12-10-16)23(3,4)5)20-21(29-14)24-15(2)25(22(20)27)13-7-8-18(26)28-6/h9-12H,7-8,13H2,1-6H3. The third-order valence-corrected chi connectivity index (χ3v) is 6.21. The first-order valence-corrected chi connectivity index (χ1v) is 10.6. The predicted octanol–water partition coefficient (Wildman–Crippen LogP) is 4.99. The second-order valence-electron chi connectivity index (χ2n) is 8.34. The van der Waals surface area contributed by atoms with Crippen LogP contribution in [-0.2, 0) is 21.5 Å². The van der Waals surface area contributed by atoms with E-state index < -0.39 is 0 Å². The molecule has 0 saturated carbocycles. The first-order chi connectivity index (χ1) is 13.6. The topological polar surface area (TPSA) is 61.2 Å². The van der Waals surface area contributed by atoms with E-state index in [1.165, 1.54) is 12.7 Å². The van der Waals surface area contributed by atoms with Gasteiger partial charge in [-0.25, -0.2) is 4.98 Å². The summed E-state index contributed by atoms with van der Waals surface area (Å²) in [6.45, 7) is 10.9. The van der Waals surface area contributed by atoms with Gasteiger partial charge in [-0.05, 0) is 36.8 Å². The van der Waals surface area contributed by atoms with Crippen LogP contribution in [-0.4, -0.2) is 22.6 Å². The van der Waals surface area contributed by atoms with Crippen LogP contribution in [0.3, 0.4) is 0 Å². The van der Waals surface area contributed by atoms with Crippen LogP contribution >= 0.6 is 11.3 Å². The van der Waals surface area contributed by atoms with Crippen LogP contribution in [0.2, 0.25) is 0 Å². The van der Waals surface area contributed by atoms with Gasteiger partial charge in [-0.2, -0.15) is 0 Å². The number of benzene rings is 1. The number of hydrogen-bond donors (Lipinski definition) is 0. The van der Waals surface area contributed by atoms with Gasteiger partial charge in [0.05, 0.1) is 12.5 Å². The van der Waals surface area contributed by atoms with E-state index in [9.17, 15) is 9.59 Å². The lowest BCUT2D eigenvalue weighted by Crippen LogP contribution is -2.24. The van der Waals surface area contributed by atoms with Crippen LogP contribution in [0.4, 0.5) is 0 Å². The van der Waals surface area contributed by atoms with Gasteiger partial charge in [-0.3, -0.25) is 14.2 Å². The summed E-state index contributed by atoms with van der Waals surface area (Å²) in [4.78, 5) is 31.3. The molecule has 29 heavy (non-hydrogen) atoms. The van der Waals surface area contributed by atoms with Gasteiger partial charge in [0.1, 0.15) is 10.7 Å². The number of hydrogen-bond acceptors (Lipinski definition) is 5. The minimum Gasteiger partial charge on any atom is -0.469 e. The summed E-state index contributed by atoms with van der Waals surface area (Å²) >= 11 is 1.55. The van der Waals surface area contributed by atoms with Crippen molar-refractivity contribution in [3.63, 3.8) is 0 Å². The molecule has 5 nitrogen and oxygen atoms in total. The van der Waals surface area contributed by atoms with E-state index in [0.717, 1.165) is 20.8 Å². The third-order valence-electron chi connectivity index (χ3n) is 5.21. The van der Waals surface area contributed by atoms with Crippen molar-refractivity contribution in [3.05, 3.63) is 50.9 Å². The van der Waals surface area contributed by atoms with Crippen molar-refractivity contribution >= 4 is 27.5 Å². The maximum absolute atomic E-state index is 13.3. The summed E-state index contributed by atoms with van der Waals surface area (Å²) in [5.74, 6) is 0.402. The van der Waals surface area contributed by atoms with E-state index in [1.54, 1.807) is 15.9 Å². The van der Waals surface area contributed by atoms with Crippen LogP contribution in [0.15, 0.2) is 29.1 Å². The Hall–Kier alpha value is -2.47. The maximum atomic E-state index is 13.3. The van der Waals surface area contributed by atoms with E-state index in [0.29, 0.717) is 24.2 Å². The summed E-state index contributed by atoms with van der Waals surface area (Å²) in [7, 11) is 1.37. The van der Waals surface area contributed by atoms with Crippen LogP contribution in [0.5, 0.6) is 0 Å². The molecule has 0 unspecified atom stereocenters. The van der Waals surface area contributed by atoms with Crippen molar-refractivity contribution in [2.24, 2.45) is 0 Å². The van der Waals surface area contributed by atoms with E-state index in [4.69, 9.17) is 4.74 Å². The Morgan fingerprint density at radius 1 is 1.17 bits per heavy atom. The minimum absolute atomic E-state index is 0.0448. The zero-order valence-corrected chi connectivity index (χ0v) is 18.8. The summed E-state index contributed by atoms with van der Waals surface area (Å²) in [6, 6.07) is 8.45.